The maximum absolute atomic E-state index is 2.30. The molecule has 0 atom stereocenters. The lowest BCUT2D eigenvalue weighted by molar-refractivity contribution is 1.32. The van der Waals surface area contributed by atoms with Gasteiger partial charge in [0.15, 0.2) is 0 Å². The fourth-order valence-corrected chi connectivity index (χ4v) is 3.85. The molecule has 0 aliphatic rings. The molecule has 0 saturated heterocycles. The fraction of sp³-hybridized carbons (Fsp3) is 0. The van der Waals surface area contributed by atoms with Crippen molar-refractivity contribution in [2.75, 3.05) is 4.90 Å². The number of hydrogen-bond donors (Lipinski definition) is 0. The van der Waals surface area contributed by atoms with Gasteiger partial charge in [0.2, 0.25) is 0 Å². The molecule has 5 rings (SSSR count). The minimum atomic E-state index is 1.17. The van der Waals surface area contributed by atoms with E-state index in [0.29, 0.717) is 0 Å². The normalized spacial score (nSPS) is 11.3. The third-order valence-corrected chi connectivity index (χ3v) is 5.27. The number of hydrogen-bond acceptors (Lipinski definition) is 1. The maximum atomic E-state index is 2.30. The summed E-state index contributed by atoms with van der Waals surface area (Å²) >= 11 is 0. The van der Waals surface area contributed by atoms with Crippen molar-refractivity contribution in [3.05, 3.63) is 127 Å². The summed E-state index contributed by atoms with van der Waals surface area (Å²) in [6.07, 6.45) is 4.35. The third-order valence-electron chi connectivity index (χ3n) is 5.27. The van der Waals surface area contributed by atoms with Crippen molar-refractivity contribution in [1.29, 1.82) is 0 Å². The molecule has 0 radical (unpaired) electrons. The Morgan fingerprint density at radius 2 is 0.931 bits per heavy atom. The summed E-state index contributed by atoms with van der Waals surface area (Å²) in [4.78, 5) is 2.30. The van der Waals surface area contributed by atoms with Crippen LogP contribution in [0, 0.1) is 0 Å². The Bertz CT molecular complexity index is 1210. The minimum Gasteiger partial charge on any atom is -0.316 e. The first kappa shape index (κ1) is 17.3. The van der Waals surface area contributed by atoms with Crippen molar-refractivity contribution in [3.63, 3.8) is 0 Å². The Kier molecular flexibility index (Phi) is 4.56. The molecule has 5 aromatic carbocycles. The number of nitrogens with zero attached hydrogens (tertiary/aromatic N) is 1. The highest BCUT2D eigenvalue weighted by atomic mass is 15.1. The van der Waals surface area contributed by atoms with Crippen molar-refractivity contribution < 1.29 is 0 Å². The van der Waals surface area contributed by atoms with Gasteiger partial charge in [-0.05, 0) is 34.5 Å². The van der Waals surface area contributed by atoms with Gasteiger partial charge in [0.25, 0.3) is 0 Å². The van der Waals surface area contributed by atoms with Crippen LogP contribution in [-0.4, -0.2) is 0 Å². The zero-order valence-corrected chi connectivity index (χ0v) is 16.1. The largest absolute Gasteiger partial charge is 0.316 e. The molecule has 0 fully saturated rings. The van der Waals surface area contributed by atoms with E-state index in [4.69, 9.17) is 0 Å². The maximum Gasteiger partial charge on any atom is 0.0534 e. The van der Waals surface area contributed by atoms with Gasteiger partial charge in [-0.1, -0.05) is 103 Å². The molecule has 0 amide bonds. The molecule has 1 heteroatoms. The highest BCUT2D eigenvalue weighted by Gasteiger charge is 2.12. The van der Waals surface area contributed by atoms with E-state index < -0.39 is 0 Å². The van der Waals surface area contributed by atoms with Crippen molar-refractivity contribution in [2.24, 2.45) is 0 Å². The van der Waals surface area contributed by atoms with Crippen LogP contribution in [0.15, 0.2) is 121 Å². The lowest BCUT2D eigenvalue weighted by atomic mass is 10.0. The standard InChI is InChI=1S/C28H21N/c1-2-10-22(11-3-1)20-21-29(27-18-8-14-23-12-4-6-16-25(23)27)28-19-9-15-24-13-5-7-17-26(24)28/h1-21H. The molecule has 1 nitrogen and oxygen atoms in total. The predicted octanol–water partition coefficient (Wildman–Crippen LogP) is 7.80. The predicted molar refractivity (Wildman–Crippen MR) is 126 cm³/mol. The van der Waals surface area contributed by atoms with Gasteiger partial charge in [-0.3, -0.25) is 0 Å². The second kappa shape index (κ2) is 7.65. The molecule has 29 heavy (non-hydrogen) atoms. The van der Waals surface area contributed by atoms with Crippen LogP contribution in [0.1, 0.15) is 5.56 Å². The second-order valence-corrected chi connectivity index (χ2v) is 7.09. The van der Waals surface area contributed by atoms with Gasteiger partial charge >= 0.3 is 0 Å². The summed E-state index contributed by atoms with van der Waals surface area (Å²) in [7, 11) is 0. The second-order valence-electron chi connectivity index (χ2n) is 7.09. The van der Waals surface area contributed by atoms with Crippen molar-refractivity contribution in [3.8, 4) is 0 Å². The first-order valence-electron chi connectivity index (χ1n) is 9.88. The molecular weight excluding hydrogens is 350 g/mol. The van der Waals surface area contributed by atoms with Gasteiger partial charge in [-0.25, -0.2) is 0 Å². The summed E-state index contributed by atoms with van der Waals surface area (Å²) in [5, 5.41) is 4.95. The van der Waals surface area contributed by atoms with E-state index >= 15 is 0 Å². The summed E-state index contributed by atoms with van der Waals surface area (Å²) in [5.74, 6) is 0. The molecule has 0 heterocycles. The van der Waals surface area contributed by atoms with E-state index in [-0.39, 0.29) is 0 Å². The molecular formula is C28H21N. The van der Waals surface area contributed by atoms with Crippen molar-refractivity contribution in [2.45, 2.75) is 0 Å². The molecule has 5 aromatic rings. The summed E-state index contributed by atoms with van der Waals surface area (Å²) in [5.41, 5.74) is 3.52. The Morgan fingerprint density at radius 1 is 0.448 bits per heavy atom. The number of anilines is 2. The lowest BCUT2D eigenvalue weighted by Gasteiger charge is -2.24. The van der Waals surface area contributed by atoms with Gasteiger partial charge in [-0.2, -0.15) is 0 Å². The van der Waals surface area contributed by atoms with E-state index in [1.807, 2.05) is 6.07 Å². The van der Waals surface area contributed by atoms with Crippen molar-refractivity contribution >= 4 is 39.0 Å². The molecule has 0 N–H and O–H groups in total. The quantitative estimate of drug-likeness (QED) is 0.311. The van der Waals surface area contributed by atoms with Crippen LogP contribution in [-0.2, 0) is 0 Å². The van der Waals surface area contributed by atoms with Gasteiger partial charge in [-0.15, -0.1) is 0 Å². The topological polar surface area (TPSA) is 3.24 Å². The molecule has 0 bridgehead atoms. The molecule has 0 unspecified atom stereocenters. The highest BCUT2D eigenvalue weighted by Crippen LogP contribution is 2.36. The van der Waals surface area contributed by atoms with E-state index in [2.05, 4.69) is 126 Å². The average molecular weight is 371 g/mol. The smallest absolute Gasteiger partial charge is 0.0534 e. The fourth-order valence-electron chi connectivity index (χ4n) is 3.85. The van der Waals surface area contributed by atoms with Crippen LogP contribution in [0.3, 0.4) is 0 Å². The Balaban J connectivity index is 1.74. The van der Waals surface area contributed by atoms with Crippen molar-refractivity contribution in [1.82, 2.24) is 0 Å². The number of rotatable bonds is 4. The van der Waals surface area contributed by atoms with Crippen LogP contribution in [0.2, 0.25) is 0 Å². The van der Waals surface area contributed by atoms with E-state index in [1.165, 1.54) is 38.5 Å². The van der Waals surface area contributed by atoms with Crippen LogP contribution < -0.4 is 4.90 Å². The first-order chi connectivity index (χ1) is 14.4. The zero-order chi connectivity index (χ0) is 19.5. The van der Waals surface area contributed by atoms with Crippen LogP contribution in [0.4, 0.5) is 11.4 Å². The van der Waals surface area contributed by atoms with Gasteiger partial charge < -0.3 is 4.90 Å². The monoisotopic (exact) mass is 371 g/mol. The Labute approximate surface area is 171 Å². The summed E-state index contributed by atoms with van der Waals surface area (Å²) in [6.45, 7) is 0. The summed E-state index contributed by atoms with van der Waals surface area (Å²) in [6, 6.07) is 40.5. The van der Waals surface area contributed by atoms with Crippen LogP contribution in [0.25, 0.3) is 27.6 Å². The van der Waals surface area contributed by atoms with Gasteiger partial charge in [0, 0.05) is 17.0 Å². The van der Waals surface area contributed by atoms with Gasteiger partial charge in [0.1, 0.15) is 0 Å². The third kappa shape index (κ3) is 3.39. The molecule has 0 saturated carbocycles. The minimum absolute atomic E-state index is 1.17. The molecule has 0 aliphatic carbocycles. The zero-order valence-electron chi connectivity index (χ0n) is 16.1. The summed E-state index contributed by atoms with van der Waals surface area (Å²) < 4.78 is 0. The van der Waals surface area contributed by atoms with Crippen LogP contribution in [0.5, 0.6) is 0 Å². The Hall–Kier alpha value is -3.84. The van der Waals surface area contributed by atoms with E-state index in [1.54, 1.807) is 0 Å². The highest BCUT2D eigenvalue weighted by molar-refractivity contribution is 6.02. The van der Waals surface area contributed by atoms with E-state index in [9.17, 15) is 0 Å². The molecule has 0 spiro atoms. The van der Waals surface area contributed by atoms with Crippen LogP contribution >= 0.6 is 0 Å². The Morgan fingerprint density at radius 3 is 1.52 bits per heavy atom. The number of benzene rings is 5. The molecule has 0 aliphatic heterocycles. The SMILES string of the molecule is C(=CN(c1cccc2ccccc12)c1cccc2ccccc12)c1ccccc1. The molecule has 0 aromatic heterocycles. The van der Waals surface area contributed by atoms with Gasteiger partial charge in [0.05, 0.1) is 11.4 Å². The molecule has 138 valence electrons. The lowest BCUT2D eigenvalue weighted by Crippen LogP contribution is -2.09. The first-order valence-corrected chi connectivity index (χ1v) is 9.88. The van der Waals surface area contributed by atoms with E-state index in [0.717, 1.165) is 0 Å². The average Bonchev–Trinajstić information content (AvgIpc) is 2.80. The number of fused-ring (bicyclic) bond motifs is 2.